The maximum Gasteiger partial charge on any atom is 0.284 e. The summed E-state index contributed by atoms with van der Waals surface area (Å²) in [6.07, 6.45) is 1.38. The van der Waals surface area contributed by atoms with Crippen LogP contribution in [-0.4, -0.2) is 48.4 Å². The predicted molar refractivity (Wildman–Crippen MR) is 93.6 cm³/mol. The number of aromatic nitrogens is 5. The zero-order chi connectivity index (χ0) is 18.0. The van der Waals surface area contributed by atoms with Crippen molar-refractivity contribution < 1.29 is 4.79 Å². The van der Waals surface area contributed by atoms with Crippen LogP contribution < -0.4 is 5.56 Å². The number of hydrogen-bond donors (Lipinski definition) is 0. The van der Waals surface area contributed by atoms with Crippen LogP contribution in [0.25, 0.3) is 16.9 Å². The molecule has 0 aliphatic rings. The summed E-state index contributed by atoms with van der Waals surface area (Å²) in [4.78, 5) is 30.8. The second kappa shape index (κ2) is 6.84. The molecule has 0 saturated heterocycles. The summed E-state index contributed by atoms with van der Waals surface area (Å²) >= 11 is 0. The number of aryl methyl sites for hydroxylation is 1. The largest absolute Gasteiger partial charge is 0.342 e. The molecule has 0 radical (unpaired) electrons. The van der Waals surface area contributed by atoms with Gasteiger partial charge in [-0.3, -0.25) is 14.2 Å². The topological polar surface area (TPSA) is 85.9 Å². The molecule has 3 aromatic rings. The normalized spacial score (nSPS) is 11.0. The van der Waals surface area contributed by atoms with Crippen molar-refractivity contribution in [2.75, 3.05) is 13.1 Å². The summed E-state index contributed by atoms with van der Waals surface area (Å²) in [5.41, 5.74) is 2.01. The third-order valence-corrected chi connectivity index (χ3v) is 4.10. The molecule has 1 aromatic carbocycles. The fourth-order valence-electron chi connectivity index (χ4n) is 2.71. The number of amides is 1. The van der Waals surface area contributed by atoms with Crippen molar-refractivity contribution in [1.82, 2.24) is 29.4 Å². The van der Waals surface area contributed by atoms with Crippen molar-refractivity contribution in [1.29, 1.82) is 0 Å². The molecule has 2 aromatic heterocycles. The second-order valence-electron chi connectivity index (χ2n) is 5.76. The molecule has 25 heavy (non-hydrogen) atoms. The highest BCUT2D eigenvalue weighted by Gasteiger charge is 2.16. The number of fused-ring (bicyclic) bond motifs is 1. The number of carbonyl (C=O) groups excluding carboxylic acids is 1. The van der Waals surface area contributed by atoms with E-state index in [0.29, 0.717) is 18.7 Å². The van der Waals surface area contributed by atoms with Gasteiger partial charge in [-0.15, -0.1) is 5.10 Å². The number of carbonyl (C=O) groups is 1. The average molecular weight is 340 g/mol. The molecule has 3 rings (SSSR count). The Morgan fingerprint density at radius 3 is 2.68 bits per heavy atom. The molecule has 0 atom stereocenters. The van der Waals surface area contributed by atoms with Crippen LogP contribution >= 0.6 is 0 Å². The first-order valence-corrected chi connectivity index (χ1v) is 8.20. The molecular formula is C17H20N6O2. The summed E-state index contributed by atoms with van der Waals surface area (Å²) < 4.78 is 2.80. The van der Waals surface area contributed by atoms with Gasteiger partial charge in [0.25, 0.3) is 5.56 Å². The molecule has 0 saturated carbocycles. The van der Waals surface area contributed by atoms with Crippen LogP contribution in [0.2, 0.25) is 0 Å². The monoisotopic (exact) mass is 340 g/mol. The summed E-state index contributed by atoms with van der Waals surface area (Å²) in [5, 5.41) is 8.02. The van der Waals surface area contributed by atoms with Crippen LogP contribution in [0, 0.1) is 6.92 Å². The maximum atomic E-state index is 12.6. The Bertz CT molecular complexity index is 971. The van der Waals surface area contributed by atoms with Crippen molar-refractivity contribution in [2.24, 2.45) is 0 Å². The van der Waals surface area contributed by atoms with E-state index in [0.717, 1.165) is 11.3 Å². The molecule has 0 unspecified atom stereocenters. The van der Waals surface area contributed by atoms with Gasteiger partial charge in [0, 0.05) is 13.1 Å². The van der Waals surface area contributed by atoms with Crippen molar-refractivity contribution >= 4 is 17.1 Å². The molecular weight excluding hydrogens is 320 g/mol. The lowest BCUT2D eigenvalue weighted by Gasteiger charge is -2.18. The zero-order valence-electron chi connectivity index (χ0n) is 14.5. The Hall–Kier alpha value is -3.03. The van der Waals surface area contributed by atoms with Gasteiger partial charge in [0.05, 0.1) is 5.69 Å². The number of likely N-dealkylation sites (N-methyl/N-ethyl adjacent to an activating group) is 1. The molecule has 8 nitrogen and oxygen atoms in total. The summed E-state index contributed by atoms with van der Waals surface area (Å²) in [6.45, 7) is 6.92. The molecule has 0 fully saturated rings. The Morgan fingerprint density at radius 2 is 2.00 bits per heavy atom. The Kier molecular flexibility index (Phi) is 4.60. The molecule has 0 aliphatic carbocycles. The van der Waals surface area contributed by atoms with Gasteiger partial charge in [-0.1, -0.05) is 17.3 Å². The predicted octanol–water partition coefficient (Wildman–Crippen LogP) is 1.15. The molecule has 2 heterocycles. The molecule has 130 valence electrons. The van der Waals surface area contributed by atoms with Crippen molar-refractivity contribution in [3.05, 3.63) is 46.5 Å². The van der Waals surface area contributed by atoms with E-state index in [4.69, 9.17) is 0 Å². The number of nitrogens with zero attached hydrogens (tertiary/aromatic N) is 6. The standard InChI is InChI=1S/C17H20N6O2/c1-4-21(5-2)14(24)10-22-11-18-16-15(17(22)25)19-20-23(16)13-8-6-7-12(3)9-13/h6-9,11H,4-5,10H2,1-3H3. The Balaban J connectivity index is 2.00. The summed E-state index contributed by atoms with van der Waals surface area (Å²) in [7, 11) is 0. The average Bonchev–Trinajstić information content (AvgIpc) is 3.03. The van der Waals surface area contributed by atoms with Crippen molar-refractivity contribution in [3.8, 4) is 5.69 Å². The minimum absolute atomic E-state index is 0.0548. The van der Waals surface area contributed by atoms with E-state index < -0.39 is 0 Å². The van der Waals surface area contributed by atoms with Gasteiger partial charge in [0.1, 0.15) is 12.9 Å². The van der Waals surface area contributed by atoms with Gasteiger partial charge >= 0.3 is 0 Å². The highest BCUT2D eigenvalue weighted by Crippen LogP contribution is 2.13. The lowest BCUT2D eigenvalue weighted by molar-refractivity contribution is -0.131. The van der Waals surface area contributed by atoms with Crippen LogP contribution in [0.3, 0.4) is 0 Å². The highest BCUT2D eigenvalue weighted by atomic mass is 16.2. The SMILES string of the molecule is CCN(CC)C(=O)Cn1cnc2c(nnn2-c2cccc(C)c2)c1=O. The second-order valence-corrected chi connectivity index (χ2v) is 5.76. The third kappa shape index (κ3) is 3.15. The third-order valence-electron chi connectivity index (χ3n) is 4.10. The lowest BCUT2D eigenvalue weighted by Crippen LogP contribution is -2.36. The van der Waals surface area contributed by atoms with Gasteiger partial charge in [-0.05, 0) is 38.5 Å². The Labute approximate surface area is 144 Å². The van der Waals surface area contributed by atoms with E-state index in [-0.39, 0.29) is 23.5 Å². The van der Waals surface area contributed by atoms with E-state index in [1.54, 1.807) is 4.90 Å². The van der Waals surface area contributed by atoms with Crippen molar-refractivity contribution in [2.45, 2.75) is 27.3 Å². The number of rotatable bonds is 5. The highest BCUT2D eigenvalue weighted by molar-refractivity contribution is 5.76. The first-order valence-electron chi connectivity index (χ1n) is 8.20. The Morgan fingerprint density at radius 1 is 1.24 bits per heavy atom. The summed E-state index contributed by atoms with van der Waals surface area (Å²) in [5.74, 6) is -0.126. The van der Waals surface area contributed by atoms with Crippen LogP contribution in [0.5, 0.6) is 0 Å². The van der Waals surface area contributed by atoms with Crippen LogP contribution in [0.15, 0.2) is 35.4 Å². The number of benzene rings is 1. The smallest absolute Gasteiger partial charge is 0.284 e. The van der Waals surface area contributed by atoms with Gasteiger partial charge in [-0.25, -0.2) is 4.98 Å². The van der Waals surface area contributed by atoms with E-state index in [1.807, 2.05) is 45.0 Å². The minimum Gasteiger partial charge on any atom is -0.342 e. The molecule has 0 spiro atoms. The van der Waals surface area contributed by atoms with Gasteiger partial charge in [0.2, 0.25) is 5.91 Å². The lowest BCUT2D eigenvalue weighted by atomic mass is 10.2. The molecule has 0 bridgehead atoms. The minimum atomic E-state index is -0.371. The van der Waals surface area contributed by atoms with E-state index in [1.165, 1.54) is 15.6 Å². The first kappa shape index (κ1) is 16.8. The maximum absolute atomic E-state index is 12.6. The van der Waals surface area contributed by atoms with Gasteiger partial charge in [-0.2, -0.15) is 4.68 Å². The van der Waals surface area contributed by atoms with E-state index in [9.17, 15) is 9.59 Å². The quantitative estimate of drug-likeness (QED) is 0.695. The zero-order valence-corrected chi connectivity index (χ0v) is 14.5. The van der Waals surface area contributed by atoms with Crippen molar-refractivity contribution in [3.63, 3.8) is 0 Å². The summed E-state index contributed by atoms with van der Waals surface area (Å²) in [6, 6.07) is 7.69. The van der Waals surface area contributed by atoms with Crippen LogP contribution in [-0.2, 0) is 11.3 Å². The molecule has 8 heteroatoms. The van der Waals surface area contributed by atoms with Gasteiger partial charge < -0.3 is 4.90 Å². The van der Waals surface area contributed by atoms with Crippen LogP contribution in [0.1, 0.15) is 19.4 Å². The fourth-order valence-corrected chi connectivity index (χ4v) is 2.71. The fraction of sp³-hybridized carbons (Fsp3) is 0.353. The van der Waals surface area contributed by atoms with Crippen LogP contribution in [0.4, 0.5) is 0 Å². The van der Waals surface area contributed by atoms with E-state index in [2.05, 4.69) is 15.3 Å². The van der Waals surface area contributed by atoms with E-state index >= 15 is 0 Å². The molecule has 0 aliphatic heterocycles. The number of hydrogen-bond acceptors (Lipinski definition) is 5. The molecule has 0 N–H and O–H groups in total. The van der Waals surface area contributed by atoms with Gasteiger partial charge in [0.15, 0.2) is 11.2 Å². The molecule has 1 amide bonds. The first-order chi connectivity index (χ1) is 12.0.